The molecule has 0 atom stereocenters. The zero-order chi connectivity index (χ0) is 22.8. The molecule has 1 aliphatic heterocycles. The molecular weight excluding hydrogens is 402 g/mol. The second kappa shape index (κ2) is 8.91. The number of aromatic nitrogens is 2. The van der Waals surface area contributed by atoms with Crippen molar-refractivity contribution in [1.29, 1.82) is 0 Å². The van der Waals surface area contributed by atoms with E-state index >= 15 is 0 Å². The van der Waals surface area contributed by atoms with Crippen molar-refractivity contribution in [3.63, 3.8) is 0 Å². The average Bonchev–Trinajstić information content (AvgIpc) is 3.12. The summed E-state index contributed by atoms with van der Waals surface area (Å²) < 4.78 is 1.70. The third-order valence-corrected chi connectivity index (χ3v) is 6.20. The molecule has 0 spiro atoms. The first-order valence-corrected chi connectivity index (χ1v) is 10.9. The Bertz CT molecular complexity index is 1160. The third kappa shape index (κ3) is 4.13. The van der Waals surface area contributed by atoms with Crippen LogP contribution < -0.4 is 0 Å². The minimum Gasteiger partial charge on any atom is -0.336 e. The van der Waals surface area contributed by atoms with E-state index in [1.807, 2.05) is 61.5 Å². The van der Waals surface area contributed by atoms with Crippen molar-refractivity contribution in [1.82, 2.24) is 14.7 Å². The third-order valence-electron chi connectivity index (χ3n) is 6.20. The van der Waals surface area contributed by atoms with Gasteiger partial charge in [-0.15, -0.1) is 0 Å². The summed E-state index contributed by atoms with van der Waals surface area (Å²) in [6.07, 6.45) is 1.12. The SMILES string of the molecule is Cc1ccc(C(=O)C2CCN(C(=O)C(=O)c3c(C)nn(-c4ccccc4)c3C)CC2)cc1. The number of nitrogens with zero attached hydrogens (tertiary/aromatic N) is 3. The Morgan fingerprint density at radius 1 is 0.875 bits per heavy atom. The molecule has 0 radical (unpaired) electrons. The first-order valence-electron chi connectivity index (χ1n) is 10.9. The Balaban J connectivity index is 1.45. The topological polar surface area (TPSA) is 72.3 Å². The molecule has 0 unspecified atom stereocenters. The van der Waals surface area contributed by atoms with Crippen LogP contribution in [0.2, 0.25) is 0 Å². The Morgan fingerprint density at radius 3 is 2.12 bits per heavy atom. The number of rotatable bonds is 5. The highest BCUT2D eigenvalue weighted by atomic mass is 16.2. The zero-order valence-electron chi connectivity index (χ0n) is 18.7. The quantitative estimate of drug-likeness (QED) is 0.452. The van der Waals surface area contributed by atoms with Gasteiger partial charge in [0, 0.05) is 24.6 Å². The van der Waals surface area contributed by atoms with E-state index in [0.29, 0.717) is 48.4 Å². The van der Waals surface area contributed by atoms with E-state index in [9.17, 15) is 14.4 Å². The van der Waals surface area contributed by atoms with E-state index in [1.165, 1.54) is 0 Å². The number of likely N-dealkylation sites (tertiary alicyclic amines) is 1. The average molecular weight is 430 g/mol. The van der Waals surface area contributed by atoms with Gasteiger partial charge in [0.2, 0.25) is 0 Å². The largest absolute Gasteiger partial charge is 0.336 e. The second-order valence-electron chi connectivity index (χ2n) is 8.42. The van der Waals surface area contributed by atoms with Crippen molar-refractivity contribution in [2.24, 2.45) is 5.92 Å². The lowest BCUT2D eigenvalue weighted by atomic mass is 9.88. The Morgan fingerprint density at radius 2 is 1.50 bits per heavy atom. The van der Waals surface area contributed by atoms with Crippen LogP contribution in [0.25, 0.3) is 5.69 Å². The zero-order valence-corrected chi connectivity index (χ0v) is 18.7. The molecule has 0 bridgehead atoms. The Labute approximate surface area is 187 Å². The number of aryl methyl sites for hydroxylation is 2. The maximum Gasteiger partial charge on any atom is 0.295 e. The molecule has 0 saturated carbocycles. The predicted molar refractivity (Wildman–Crippen MR) is 122 cm³/mol. The molecule has 6 heteroatoms. The second-order valence-corrected chi connectivity index (χ2v) is 8.42. The molecule has 4 rings (SSSR count). The molecule has 1 aromatic heterocycles. The van der Waals surface area contributed by atoms with Gasteiger partial charge in [-0.05, 0) is 45.7 Å². The number of hydrogen-bond acceptors (Lipinski definition) is 4. The molecule has 6 nitrogen and oxygen atoms in total. The van der Waals surface area contributed by atoms with Crippen LogP contribution in [0.5, 0.6) is 0 Å². The molecule has 1 aliphatic rings. The van der Waals surface area contributed by atoms with Crippen LogP contribution in [-0.2, 0) is 4.79 Å². The maximum absolute atomic E-state index is 13.1. The van der Waals surface area contributed by atoms with Crippen LogP contribution in [0.1, 0.15) is 50.5 Å². The van der Waals surface area contributed by atoms with Crippen molar-refractivity contribution in [3.05, 3.63) is 82.7 Å². The summed E-state index contributed by atoms with van der Waals surface area (Å²) in [5.74, 6) is -1.07. The number of piperidine rings is 1. The summed E-state index contributed by atoms with van der Waals surface area (Å²) in [6.45, 7) is 6.34. The molecule has 0 aliphatic carbocycles. The van der Waals surface area contributed by atoms with Crippen molar-refractivity contribution >= 4 is 17.5 Å². The highest BCUT2D eigenvalue weighted by Gasteiger charge is 2.33. The number of carbonyl (C=O) groups excluding carboxylic acids is 3. The van der Waals surface area contributed by atoms with Crippen molar-refractivity contribution in [2.45, 2.75) is 33.6 Å². The van der Waals surface area contributed by atoms with E-state index in [1.54, 1.807) is 23.4 Å². The normalized spacial score (nSPS) is 14.4. The number of carbonyl (C=O) groups is 3. The van der Waals surface area contributed by atoms with Gasteiger partial charge in [-0.3, -0.25) is 14.4 Å². The van der Waals surface area contributed by atoms with Gasteiger partial charge < -0.3 is 4.90 Å². The molecule has 2 aromatic carbocycles. The fraction of sp³-hybridized carbons (Fsp3) is 0.308. The first kappa shape index (κ1) is 21.7. The molecule has 0 N–H and O–H groups in total. The number of ketones is 2. The van der Waals surface area contributed by atoms with Crippen LogP contribution in [0.15, 0.2) is 54.6 Å². The van der Waals surface area contributed by atoms with E-state index in [-0.39, 0.29) is 11.7 Å². The highest BCUT2D eigenvalue weighted by Crippen LogP contribution is 2.24. The van der Waals surface area contributed by atoms with Gasteiger partial charge in [-0.2, -0.15) is 5.10 Å². The molecular formula is C26H27N3O3. The smallest absolute Gasteiger partial charge is 0.295 e. The first-order chi connectivity index (χ1) is 15.4. The molecule has 3 aromatic rings. The molecule has 1 saturated heterocycles. The monoisotopic (exact) mass is 429 g/mol. The number of benzene rings is 2. The lowest BCUT2D eigenvalue weighted by molar-refractivity contribution is -0.127. The standard InChI is InChI=1S/C26H27N3O3/c1-17-9-11-20(12-10-17)24(30)21-13-15-28(16-14-21)26(32)25(31)23-18(2)27-29(19(23)3)22-7-5-4-6-8-22/h4-12,21H,13-16H2,1-3H3. The van der Waals surface area contributed by atoms with Crippen LogP contribution in [-0.4, -0.2) is 45.2 Å². The summed E-state index contributed by atoms with van der Waals surface area (Å²) >= 11 is 0. The fourth-order valence-electron chi connectivity index (χ4n) is 4.34. The number of para-hydroxylation sites is 1. The van der Waals surface area contributed by atoms with Gasteiger partial charge in [0.05, 0.1) is 22.6 Å². The van der Waals surface area contributed by atoms with E-state index in [2.05, 4.69) is 5.10 Å². The molecule has 32 heavy (non-hydrogen) atoms. The number of hydrogen-bond donors (Lipinski definition) is 0. The summed E-state index contributed by atoms with van der Waals surface area (Å²) in [5, 5.41) is 4.48. The summed E-state index contributed by atoms with van der Waals surface area (Å²) in [4.78, 5) is 40.4. The van der Waals surface area contributed by atoms with Crippen molar-refractivity contribution < 1.29 is 14.4 Å². The van der Waals surface area contributed by atoms with E-state index in [4.69, 9.17) is 0 Å². The van der Waals surface area contributed by atoms with E-state index < -0.39 is 11.7 Å². The Hall–Kier alpha value is -3.54. The number of Topliss-reactive ketones (excluding diaryl/α,β-unsaturated/α-hetero) is 2. The lowest BCUT2D eigenvalue weighted by Gasteiger charge is -2.31. The van der Waals surface area contributed by atoms with Gasteiger partial charge >= 0.3 is 0 Å². The lowest BCUT2D eigenvalue weighted by Crippen LogP contribution is -2.43. The van der Waals surface area contributed by atoms with Crippen molar-refractivity contribution in [2.75, 3.05) is 13.1 Å². The Kier molecular flexibility index (Phi) is 6.04. The van der Waals surface area contributed by atoms with Crippen LogP contribution in [0.3, 0.4) is 0 Å². The fourth-order valence-corrected chi connectivity index (χ4v) is 4.34. The van der Waals surface area contributed by atoms with Crippen molar-refractivity contribution in [3.8, 4) is 5.69 Å². The van der Waals surface area contributed by atoms with E-state index in [0.717, 1.165) is 11.3 Å². The van der Waals surface area contributed by atoms with Gasteiger partial charge in [-0.25, -0.2) is 4.68 Å². The van der Waals surface area contributed by atoms with Gasteiger partial charge in [0.1, 0.15) is 0 Å². The van der Waals surface area contributed by atoms with Gasteiger partial charge in [-0.1, -0.05) is 48.0 Å². The molecule has 2 heterocycles. The predicted octanol–water partition coefficient (Wildman–Crippen LogP) is 4.10. The maximum atomic E-state index is 13.1. The van der Waals surface area contributed by atoms with Gasteiger partial charge in [0.25, 0.3) is 11.7 Å². The summed E-state index contributed by atoms with van der Waals surface area (Å²) in [6, 6.07) is 17.1. The molecule has 1 amide bonds. The van der Waals surface area contributed by atoms with Crippen LogP contribution in [0, 0.1) is 26.7 Å². The van der Waals surface area contributed by atoms with Crippen LogP contribution >= 0.6 is 0 Å². The highest BCUT2D eigenvalue weighted by molar-refractivity contribution is 6.43. The molecule has 164 valence electrons. The summed E-state index contributed by atoms with van der Waals surface area (Å²) in [5.41, 5.74) is 4.20. The molecule has 1 fully saturated rings. The van der Waals surface area contributed by atoms with Crippen LogP contribution in [0.4, 0.5) is 0 Å². The van der Waals surface area contributed by atoms with Gasteiger partial charge in [0.15, 0.2) is 5.78 Å². The number of amides is 1. The summed E-state index contributed by atoms with van der Waals surface area (Å²) in [7, 11) is 0. The minimum atomic E-state index is -0.537. The minimum absolute atomic E-state index is 0.110.